The first-order valence-corrected chi connectivity index (χ1v) is 9.08. The molecule has 25 heavy (non-hydrogen) atoms. The van der Waals surface area contributed by atoms with Gasteiger partial charge in [-0.3, -0.25) is 14.7 Å². The van der Waals surface area contributed by atoms with E-state index in [2.05, 4.69) is 46.4 Å². The van der Waals surface area contributed by atoms with E-state index < -0.39 is 0 Å². The number of hydrogen-bond acceptors (Lipinski definition) is 3. The zero-order chi connectivity index (χ0) is 17.6. The molecule has 2 aromatic rings. The molecular weight excluding hydrogens is 312 g/mol. The average molecular weight is 340 g/mol. The number of aromatic nitrogens is 3. The zero-order valence-electron chi connectivity index (χ0n) is 15.4. The molecule has 1 fully saturated rings. The standard InChI is InChI=1S/C19H28N6/c1-4-21-19(22-9-6-16-5-8-20-11-15(16)2)25-10-7-17(14-25)18-12-23-24(3)13-18/h5,8,11-13,17H,4,6-7,9-10,14H2,1-3H3,(H,21,22). The first-order valence-electron chi connectivity index (χ1n) is 9.08. The number of pyridine rings is 1. The Hall–Kier alpha value is -2.37. The van der Waals surface area contributed by atoms with Crippen molar-refractivity contribution in [1.29, 1.82) is 0 Å². The summed E-state index contributed by atoms with van der Waals surface area (Å²) in [5.41, 5.74) is 3.89. The summed E-state index contributed by atoms with van der Waals surface area (Å²) in [5.74, 6) is 1.57. The van der Waals surface area contributed by atoms with Gasteiger partial charge in [0.25, 0.3) is 0 Å². The van der Waals surface area contributed by atoms with Crippen molar-refractivity contribution < 1.29 is 0 Å². The van der Waals surface area contributed by atoms with Gasteiger partial charge < -0.3 is 10.2 Å². The second-order valence-corrected chi connectivity index (χ2v) is 6.67. The van der Waals surface area contributed by atoms with E-state index in [0.717, 1.165) is 45.0 Å². The molecule has 6 heteroatoms. The summed E-state index contributed by atoms with van der Waals surface area (Å²) in [6.45, 7) is 7.96. The molecule has 134 valence electrons. The Morgan fingerprint density at radius 3 is 3.00 bits per heavy atom. The van der Waals surface area contributed by atoms with Gasteiger partial charge in [0.2, 0.25) is 0 Å². The maximum absolute atomic E-state index is 4.86. The van der Waals surface area contributed by atoms with Crippen LogP contribution in [0.2, 0.25) is 0 Å². The molecule has 1 atom stereocenters. The summed E-state index contributed by atoms with van der Waals surface area (Å²) in [7, 11) is 1.98. The highest BCUT2D eigenvalue weighted by atomic mass is 15.3. The van der Waals surface area contributed by atoms with Crippen molar-refractivity contribution in [2.75, 3.05) is 26.2 Å². The van der Waals surface area contributed by atoms with Crippen LogP contribution in [-0.4, -0.2) is 51.8 Å². The SMILES string of the molecule is CCNC(=NCCc1ccncc1C)N1CCC(c2cnn(C)c2)C1. The van der Waals surface area contributed by atoms with Gasteiger partial charge in [-0.15, -0.1) is 0 Å². The molecule has 0 spiro atoms. The van der Waals surface area contributed by atoms with E-state index in [1.54, 1.807) is 0 Å². The van der Waals surface area contributed by atoms with Gasteiger partial charge in [0.05, 0.1) is 6.20 Å². The highest BCUT2D eigenvalue weighted by Gasteiger charge is 2.26. The van der Waals surface area contributed by atoms with Crippen LogP contribution in [0.3, 0.4) is 0 Å². The van der Waals surface area contributed by atoms with Crippen LogP contribution in [-0.2, 0) is 13.5 Å². The molecule has 0 amide bonds. The Morgan fingerprint density at radius 2 is 2.28 bits per heavy atom. The van der Waals surface area contributed by atoms with Gasteiger partial charge in [0, 0.05) is 57.7 Å². The fourth-order valence-corrected chi connectivity index (χ4v) is 3.37. The van der Waals surface area contributed by atoms with E-state index in [1.807, 2.05) is 30.3 Å². The molecule has 1 aliphatic heterocycles. The zero-order valence-corrected chi connectivity index (χ0v) is 15.4. The molecule has 1 N–H and O–H groups in total. The Bertz CT molecular complexity index is 720. The lowest BCUT2D eigenvalue weighted by atomic mass is 10.0. The predicted octanol–water partition coefficient (Wildman–Crippen LogP) is 2.12. The summed E-state index contributed by atoms with van der Waals surface area (Å²) in [6, 6.07) is 2.09. The van der Waals surface area contributed by atoms with Crippen LogP contribution in [0.4, 0.5) is 0 Å². The summed E-state index contributed by atoms with van der Waals surface area (Å²) in [6.07, 6.45) is 10.00. The smallest absolute Gasteiger partial charge is 0.193 e. The predicted molar refractivity (Wildman–Crippen MR) is 101 cm³/mol. The minimum absolute atomic E-state index is 0.542. The van der Waals surface area contributed by atoms with E-state index in [1.165, 1.54) is 16.7 Å². The number of aryl methyl sites for hydroxylation is 2. The highest BCUT2D eigenvalue weighted by Crippen LogP contribution is 2.26. The van der Waals surface area contributed by atoms with Gasteiger partial charge in [0.1, 0.15) is 0 Å². The van der Waals surface area contributed by atoms with Gasteiger partial charge in [-0.1, -0.05) is 0 Å². The van der Waals surface area contributed by atoms with Crippen molar-refractivity contribution in [3.8, 4) is 0 Å². The second kappa shape index (κ2) is 8.14. The molecule has 0 aromatic carbocycles. The molecule has 0 saturated carbocycles. The van der Waals surface area contributed by atoms with E-state index in [0.29, 0.717) is 5.92 Å². The lowest BCUT2D eigenvalue weighted by Gasteiger charge is -2.21. The van der Waals surface area contributed by atoms with Gasteiger partial charge in [0.15, 0.2) is 5.96 Å². The van der Waals surface area contributed by atoms with Crippen LogP contribution in [0.5, 0.6) is 0 Å². The maximum atomic E-state index is 4.86. The molecule has 0 bridgehead atoms. The minimum atomic E-state index is 0.542. The third kappa shape index (κ3) is 4.38. The van der Waals surface area contributed by atoms with Gasteiger partial charge in [-0.25, -0.2) is 0 Å². The van der Waals surface area contributed by atoms with Crippen LogP contribution >= 0.6 is 0 Å². The number of nitrogens with zero attached hydrogens (tertiary/aromatic N) is 5. The molecular formula is C19H28N6. The van der Waals surface area contributed by atoms with Gasteiger partial charge >= 0.3 is 0 Å². The molecule has 0 aliphatic carbocycles. The van der Waals surface area contributed by atoms with Crippen LogP contribution < -0.4 is 5.32 Å². The molecule has 0 radical (unpaired) electrons. The Kier molecular flexibility index (Phi) is 5.68. The minimum Gasteiger partial charge on any atom is -0.357 e. The average Bonchev–Trinajstić information content (AvgIpc) is 3.24. The maximum Gasteiger partial charge on any atom is 0.193 e. The van der Waals surface area contributed by atoms with Gasteiger partial charge in [-0.2, -0.15) is 5.10 Å². The summed E-state index contributed by atoms with van der Waals surface area (Å²) in [4.78, 5) is 11.4. The van der Waals surface area contributed by atoms with Crippen LogP contribution in [0.1, 0.15) is 36.0 Å². The number of aliphatic imine (C=N–C) groups is 1. The van der Waals surface area contributed by atoms with Crippen molar-refractivity contribution in [2.24, 2.45) is 12.0 Å². The van der Waals surface area contributed by atoms with Crippen molar-refractivity contribution >= 4 is 5.96 Å². The molecule has 1 unspecified atom stereocenters. The van der Waals surface area contributed by atoms with E-state index in [4.69, 9.17) is 4.99 Å². The molecule has 3 rings (SSSR count). The summed E-state index contributed by atoms with van der Waals surface area (Å²) < 4.78 is 1.88. The summed E-state index contributed by atoms with van der Waals surface area (Å²) in [5, 5.41) is 7.75. The normalized spacial score (nSPS) is 18.0. The monoisotopic (exact) mass is 340 g/mol. The lowest BCUT2D eigenvalue weighted by molar-refractivity contribution is 0.486. The number of rotatable bonds is 5. The van der Waals surface area contributed by atoms with E-state index in [9.17, 15) is 0 Å². The van der Waals surface area contributed by atoms with Crippen molar-refractivity contribution in [3.63, 3.8) is 0 Å². The van der Waals surface area contributed by atoms with Crippen LogP contribution in [0.25, 0.3) is 0 Å². The molecule has 1 aliphatic rings. The van der Waals surface area contributed by atoms with Crippen molar-refractivity contribution in [2.45, 2.75) is 32.6 Å². The Morgan fingerprint density at radius 1 is 1.40 bits per heavy atom. The first-order chi connectivity index (χ1) is 12.2. The fraction of sp³-hybridized carbons (Fsp3) is 0.526. The van der Waals surface area contributed by atoms with E-state index in [-0.39, 0.29) is 0 Å². The molecule has 1 saturated heterocycles. The first kappa shape index (κ1) is 17.5. The van der Waals surface area contributed by atoms with Gasteiger partial charge in [-0.05, 0) is 49.4 Å². The largest absolute Gasteiger partial charge is 0.357 e. The number of guanidine groups is 1. The third-order valence-corrected chi connectivity index (χ3v) is 4.80. The Balaban J connectivity index is 1.61. The quantitative estimate of drug-likeness (QED) is 0.669. The second-order valence-electron chi connectivity index (χ2n) is 6.67. The fourth-order valence-electron chi connectivity index (χ4n) is 3.37. The van der Waals surface area contributed by atoms with E-state index >= 15 is 0 Å². The number of likely N-dealkylation sites (tertiary alicyclic amines) is 1. The molecule has 6 nitrogen and oxygen atoms in total. The van der Waals surface area contributed by atoms with Crippen LogP contribution in [0.15, 0.2) is 35.8 Å². The van der Waals surface area contributed by atoms with Crippen molar-refractivity contribution in [3.05, 3.63) is 47.5 Å². The Labute approximate surface area is 150 Å². The molecule has 2 aromatic heterocycles. The van der Waals surface area contributed by atoms with Crippen LogP contribution in [0, 0.1) is 6.92 Å². The topological polar surface area (TPSA) is 58.3 Å². The third-order valence-electron chi connectivity index (χ3n) is 4.80. The van der Waals surface area contributed by atoms with Crippen molar-refractivity contribution in [1.82, 2.24) is 25.0 Å². The lowest BCUT2D eigenvalue weighted by Crippen LogP contribution is -2.40. The number of nitrogens with one attached hydrogen (secondary N) is 1. The molecule has 3 heterocycles. The number of hydrogen-bond donors (Lipinski definition) is 1. The summed E-state index contributed by atoms with van der Waals surface area (Å²) >= 11 is 0. The highest BCUT2D eigenvalue weighted by molar-refractivity contribution is 5.80.